The Morgan fingerprint density at radius 3 is 2.31 bits per heavy atom. The lowest BCUT2D eigenvalue weighted by molar-refractivity contribution is 0.297. The molecule has 164 valence electrons. The van der Waals surface area contributed by atoms with E-state index in [4.69, 9.17) is 23.4 Å². The molecule has 0 saturated heterocycles. The Morgan fingerprint density at radius 2 is 1.62 bits per heavy atom. The zero-order chi connectivity index (χ0) is 22.7. The molecular weight excluding hydrogens is 412 g/mol. The predicted octanol–water partition coefficient (Wildman–Crippen LogP) is 4.77. The minimum Gasteiger partial charge on any atom is -0.507 e. The van der Waals surface area contributed by atoms with Crippen molar-refractivity contribution >= 4 is 11.0 Å². The van der Waals surface area contributed by atoms with E-state index in [2.05, 4.69) is 0 Å². The van der Waals surface area contributed by atoms with E-state index in [0.29, 0.717) is 22.8 Å². The second-order valence-electron chi connectivity index (χ2n) is 6.95. The first-order chi connectivity index (χ1) is 15.5. The molecule has 4 aromatic rings. The number of ether oxygens (including phenoxy) is 4. The molecule has 0 bridgehead atoms. The van der Waals surface area contributed by atoms with Crippen molar-refractivity contribution in [3.05, 3.63) is 76.5 Å². The predicted molar refractivity (Wildman–Crippen MR) is 120 cm³/mol. The molecule has 4 rings (SSSR count). The van der Waals surface area contributed by atoms with Gasteiger partial charge in [-0.05, 0) is 23.8 Å². The van der Waals surface area contributed by atoms with E-state index in [-0.39, 0.29) is 34.8 Å². The molecule has 0 aliphatic rings. The number of hydrogen-bond acceptors (Lipinski definition) is 7. The summed E-state index contributed by atoms with van der Waals surface area (Å²) in [6.07, 6.45) is 0. The largest absolute Gasteiger partial charge is 0.507 e. The normalized spacial score (nSPS) is 10.7. The summed E-state index contributed by atoms with van der Waals surface area (Å²) in [5.74, 6) is 1.28. The number of aromatic hydroxyl groups is 1. The minimum absolute atomic E-state index is 0.0121. The summed E-state index contributed by atoms with van der Waals surface area (Å²) in [5.41, 5.74) is 1.10. The maximum Gasteiger partial charge on any atom is 0.239 e. The summed E-state index contributed by atoms with van der Waals surface area (Å²) < 4.78 is 27.9. The van der Waals surface area contributed by atoms with Gasteiger partial charge < -0.3 is 28.5 Å². The van der Waals surface area contributed by atoms with Crippen molar-refractivity contribution in [3.63, 3.8) is 0 Å². The lowest BCUT2D eigenvalue weighted by atomic mass is 10.1. The van der Waals surface area contributed by atoms with Gasteiger partial charge in [0.05, 0.1) is 21.3 Å². The van der Waals surface area contributed by atoms with Crippen molar-refractivity contribution in [2.75, 3.05) is 21.3 Å². The summed E-state index contributed by atoms with van der Waals surface area (Å²) >= 11 is 0. The van der Waals surface area contributed by atoms with Crippen molar-refractivity contribution in [2.45, 2.75) is 6.61 Å². The van der Waals surface area contributed by atoms with Crippen molar-refractivity contribution in [3.8, 4) is 40.1 Å². The summed E-state index contributed by atoms with van der Waals surface area (Å²) in [7, 11) is 4.52. The molecule has 0 unspecified atom stereocenters. The van der Waals surface area contributed by atoms with Crippen LogP contribution in [0.5, 0.6) is 28.7 Å². The lowest BCUT2D eigenvalue weighted by Crippen LogP contribution is -2.10. The van der Waals surface area contributed by atoms with Crippen molar-refractivity contribution in [2.24, 2.45) is 0 Å². The monoisotopic (exact) mass is 434 g/mol. The quantitative estimate of drug-likeness (QED) is 0.448. The van der Waals surface area contributed by atoms with Crippen LogP contribution in [0.4, 0.5) is 0 Å². The van der Waals surface area contributed by atoms with Crippen LogP contribution >= 0.6 is 0 Å². The number of benzene rings is 3. The molecule has 0 radical (unpaired) electrons. The van der Waals surface area contributed by atoms with Gasteiger partial charge in [-0.15, -0.1) is 0 Å². The van der Waals surface area contributed by atoms with E-state index in [9.17, 15) is 9.90 Å². The fraction of sp³-hybridized carbons (Fsp3) is 0.160. The Kier molecular flexibility index (Phi) is 5.89. The van der Waals surface area contributed by atoms with E-state index in [0.717, 1.165) is 5.56 Å². The van der Waals surface area contributed by atoms with Gasteiger partial charge in [0.2, 0.25) is 11.2 Å². The SMILES string of the molecule is COc1cc(O)c2c(=O)c(OCc3ccccc3)c(-c3ccc(OC)c(OC)c3)oc2c1. The summed E-state index contributed by atoms with van der Waals surface area (Å²) in [6, 6.07) is 17.5. The standard InChI is InChI=1S/C25H22O7/c1-28-17-12-18(26)22-21(13-17)32-24(16-9-10-19(29-2)20(11-16)30-3)25(23(22)27)31-14-15-7-5-4-6-8-15/h4-13,26H,14H2,1-3H3. The van der Waals surface area contributed by atoms with Crippen LogP contribution < -0.4 is 24.4 Å². The lowest BCUT2D eigenvalue weighted by Gasteiger charge is -2.14. The van der Waals surface area contributed by atoms with Gasteiger partial charge in [0.25, 0.3) is 0 Å². The zero-order valence-electron chi connectivity index (χ0n) is 17.9. The third-order valence-electron chi connectivity index (χ3n) is 5.01. The van der Waals surface area contributed by atoms with E-state index >= 15 is 0 Å². The molecule has 3 aromatic carbocycles. The highest BCUT2D eigenvalue weighted by Gasteiger charge is 2.22. The van der Waals surface area contributed by atoms with Crippen molar-refractivity contribution in [1.29, 1.82) is 0 Å². The maximum atomic E-state index is 13.4. The highest BCUT2D eigenvalue weighted by Crippen LogP contribution is 2.39. The molecule has 0 atom stereocenters. The Labute approximate surface area is 184 Å². The van der Waals surface area contributed by atoms with Crippen LogP contribution in [-0.4, -0.2) is 26.4 Å². The zero-order valence-corrected chi connectivity index (χ0v) is 17.9. The fourth-order valence-corrected chi connectivity index (χ4v) is 3.40. The van der Waals surface area contributed by atoms with Crippen LogP contribution in [0, 0.1) is 0 Å². The molecule has 7 nitrogen and oxygen atoms in total. The Bertz CT molecular complexity index is 1310. The van der Waals surface area contributed by atoms with Gasteiger partial charge in [-0.25, -0.2) is 0 Å². The second-order valence-corrected chi connectivity index (χ2v) is 6.95. The third kappa shape index (κ3) is 3.92. The molecule has 7 heteroatoms. The number of fused-ring (bicyclic) bond motifs is 1. The van der Waals surface area contributed by atoms with E-state index in [1.807, 2.05) is 30.3 Å². The van der Waals surface area contributed by atoms with Gasteiger partial charge in [0.1, 0.15) is 29.1 Å². The second kappa shape index (κ2) is 8.93. The molecule has 1 heterocycles. The van der Waals surface area contributed by atoms with Gasteiger partial charge in [0, 0.05) is 17.7 Å². The Hall–Kier alpha value is -4.13. The molecule has 0 aliphatic carbocycles. The first-order valence-electron chi connectivity index (χ1n) is 9.82. The molecule has 0 amide bonds. The first-order valence-corrected chi connectivity index (χ1v) is 9.82. The average Bonchev–Trinajstić information content (AvgIpc) is 2.83. The van der Waals surface area contributed by atoms with Gasteiger partial charge in [-0.1, -0.05) is 30.3 Å². The van der Waals surface area contributed by atoms with Crippen molar-refractivity contribution < 1.29 is 28.5 Å². The van der Waals surface area contributed by atoms with Crippen LogP contribution in [0.15, 0.2) is 69.9 Å². The van der Waals surface area contributed by atoms with Gasteiger partial charge >= 0.3 is 0 Å². The van der Waals surface area contributed by atoms with Crippen LogP contribution in [0.1, 0.15) is 5.56 Å². The van der Waals surface area contributed by atoms with E-state index < -0.39 is 5.43 Å². The molecular formula is C25H22O7. The van der Waals surface area contributed by atoms with Crippen LogP contribution in [-0.2, 0) is 6.61 Å². The molecule has 0 fully saturated rings. The number of rotatable bonds is 7. The molecule has 1 N–H and O–H groups in total. The Morgan fingerprint density at radius 1 is 0.875 bits per heavy atom. The number of phenols is 1. The topological polar surface area (TPSA) is 87.4 Å². The molecule has 0 saturated carbocycles. The number of methoxy groups -OCH3 is 3. The first kappa shape index (κ1) is 21.1. The van der Waals surface area contributed by atoms with E-state index in [1.54, 1.807) is 24.3 Å². The smallest absolute Gasteiger partial charge is 0.239 e. The maximum absolute atomic E-state index is 13.4. The third-order valence-corrected chi connectivity index (χ3v) is 5.01. The molecule has 0 spiro atoms. The van der Waals surface area contributed by atoms with Gasteiger partial charge in [-0.2, -0.15) is 0 Å². The summed E-state index contributed by atoms with van der Waals surface area (Å²) in [4.78, 5) is 13.4. The summed E-state index contributed by atoms with van der Waals surface area (Å²) in [6.45, 7) is 0.147. The minimum atomic E-state index is -0.493. The molecule has 0 aliphatic heterocycles. The van der Waals surface area contributed by atoms with Gasteiger partial charge in [0.15, 0.2) is 17.3 Å². The molecule has 32 heavy (non-hydrogen) atoms. The molecule has 1 aromatic heterocycles. The van der Waals surface area contributed by atoms with Gasteiger partial charge in [-0.3, -0.25) is 4.79 Å². The number of hydrogen-bond donors (Lipinski definition) is 1. The number of phenolic OH excluding ortho intramolecular Hbond substituents is 1. The van der Waals surface area contributed by atoms with Crippen LogP contribution in [0.3, 0.4) is 0 Å². The highest BCUT2D eigenvalue weighted by molar-refractivity contribution is 5.88. The van der Waals surface area contributed by atoms with Crippen LogP contribution in [0.25, 0.3) is 22.3 Å². The fourth-order valence-electron chi connectivity index (χ4n) is 3.40. The van der Waals surface area contributed by atoms with Crippen molar-refractivity contribution in [1.82, 2.24) is 0 Å². The van der Waals surface area contributed by atoms with Crippen LogP contribution in [0.2, 0.25) is 0 Å². The Balaban J connectivity index is 1.93. The summed E-state index contributed by atoms with van der Waals surface area (Å²) in [5, 5.41) is 10.5. The average molecular weight is 434 g/mol. The van der Waals surface area contributed by atoms with E-state index in [1.165, 1.54) is 27.4 Å². The highest BCUT2D eigenvalue weighted by atomic mass is 16.5.